The van der Waals surface area contributed by atoms with Gasteiger partial charge in [0.25, 0.3) is 5.88 Å². The van der Waals surface area contributed by atoms with Gasteiger partial charge in [-0.3, -0.25) is 0 Å². The highest BCUT2D eigenvalue weighted by Gasteiger charge is 2.18. The lowest BCUT2D eigenvalue weighted by atomic mass is 10.3. The molecule has 0 aromatic carbocycles. The Labute approximate surface area is 83.2 Å². The molecule has 0 unspecified atom stereocenters. The van der Waals surface area contributed by atoms with Crippen molar-refractivity contribution in [2.75, 3.05) is 20.2 Å². The average molecular weight is 194 g/mol. The minimum Gasteiger partial charge on any atom is -0.491 e. The van der Waals surface area contributed by atoms with Crippen molar-refractivity contribution in [1.29, 1.82) is 0 Å². The number of hydrogen-bond donors (Lipinski definition) is 1. The molecule has 2 rings (SSSR count). The maximum Gasteiger partial charge on any atom is 0.257 e. The zero-order valence-electron chi connectivity index (χ0n) is 8.19. The Morgan fingerprint density at radius 3 is 3.21 bits per heavy atom. The molecule has 0 amide bonds. The van der Waals surface area contributed by atoms with E-state index < -0.39 is 0 Å². The quantitative estimate of drug-likeness (QED) is 0.774. The molecule has 14 heavy (non-hydrogen) atoms. The molecule has 4 nitrogen and oxygen atoms in total. The first-order valence-corrected chi connectivity index (χ1v) is 4.76. The Balaban J connectivity index is 2.07. The average Bonchev–Trinajstić information content (AvgIpc) is 2.71. The predicted octanol–water partition coefficient (Wildman–Crippen LogP) is 0.831. The minimum atomic E-state index is 0.221. The molecule has 0 spiro atoms. The van der Waals surface area contributed by atoms with Gasteiger partial charge in [-0.25, -0.2) is 4.98 Å². The van der Waals surface area contributed by atoms with Gasteiger partial charge in [0.05, 0.1) is 7.11 Å². The molecule has 0 bridgehead atoms. The van der Waals surface area contributed by atoms with Crippen molar-refractivity contribution in [3.8, 4) is 11.6 Å². The topological polar surface area (TPSA) is 43.4 Å². The molecule has 1 aliphatic heterocycles. The van der Waals surface area contributed by atoms with Gasteiger partial charge in [0.15, 0.2) is 5.75 Å². The van der Waals surface area contributed by atoms with Crippen LogP contribution in [0.3, 0.4) is 0 Å². The monoisotopic (exact) mass is 194 g/mol. The van der Waals surface area contributed by atoms with Crippen LogP contribution in [-0.4, -0.2) is 31.3 Å². The molecule has 1 N–H and O–H groups in total. The van der Waals surface area contributed by atoms with Crippen LogP contribution in [0.15, 0.2) is 18.3 Å². The SMILES string of the molecule is COc1cccnc1O[C@@H]1CCNC1. The number of nitrogens with zero attached hydrogens (tertiary/aromatic N) is 1. The maximum absolute atomic E-state index is 5.70. The largest absolute Gasteiger partial charge is 0.491 e. The standard InChI is InChI=1S/C10H14N2O2/c1-13-9-3-2-5-12-10(9)14-8-4-6-11-7-8/h2-3,5,8,11H,4,6-7H2,1H3/t8-/m1/s1. The molecule has 1 saturated heterocycles. The highest BCUT2D eigenvalue weighted by Crippen LogP contribution is 2.24. The molecule has 1 aliphatic rings. The van der Waals surface area contributed by atoms with Crippen LogP contribution in [-0.2, 0) is 0 Å². The normalized spacial score (nSPS) is 20.8. The van der Waals surface area contributed by atoms with E-state index in [1.54, 1.807) is 13.3 Å². The van der Waals surface area contributed by atoms with Crippen molar-refractivity contribution in [2.45, 2.75) is 12.5 Å². The van der Waals surface area contributed by atoms with Crippen molar-refractivity contribution < 1.29 is 9.47 Å². The number of methoxy groups -OCH3 is 1. The molecule has 1 atom stereocenters. The smallest absolute Gasteiger partial charge is 0.257 e. The van der Waals surface area contributed by atoms with Gasteiger partial charge in [-0.2, -0.15) is 0 Å². The van der Waals surface area contributed by atoms with Gasteiger partial charge in [0.1, 0.15) is 6.10 Å². The number of aromatic nitrogens is 1. The summed E-state index contributed by atoms with van der Waals surface area (Å²) in [5.41, 5.74) is 0. The number of rotatable bonds is 3. The number of ether oxygens (including phenoxy) is 2. The summed E-state index contributed by atoms with van der Waals surface area (Å²) in [5, 5.41) is 3.24. The third kappa shape index (κ3) is 1.96. The van der Waals surface area contributed by atoms with Gasteiger partial charge in [-0.05, 0) is 25.1 Å². The van der Waals surface area contributed by atoms with E-state index in [9.17, 15) is 0 Å². The third-order valence-electron chi connectivity index (χ3n) is 2.25. The van der Waals surface area contributed by atoms with Crippen molar-refractivity contribution in [3.63, 3.8) is 0 Å². The predicted molar refractivity (Wildman–Crippen MR) is 52.7 cm³/mol. The lowest BCUT2D eigenvalue weighted by Gasteiger charge is -2.13. The minimum absolute atomic E-state index is 0.221. The molecule has 1 aromatic rings. The maximum atomic E-state index is 5.70. The van der Waals surface area contributed by atoms with Crippen molar-refractivity contribution in [1.82, 2.24) is 10.3 Å². The van der Waals surface area contributed by atoms with E-state index in [0.717, 1.165) is 19.5 Å². The summed E-state index contributed by atoms with van der Waals surface area (Å²) in [6, 6.07) is 3.68. The molecule has 0 saturated carbocycles. The second-order valence-corrected chi connectivity index (χ2v) is 3.24. The molecule has 76 valence electrons. The van der Waals surface area contributed by atoms with Crippen LogP contribution in [0.5, 0.6) is 11.6 Å². The van der Waals surface area contributed by atoms with E-state index in [-0.39, 0.29) is 6.10 Å². The fourth-order valence-corrected chi connectivity index (χ4v) is 1.51. The fourth-order valence-electron chi connectivity index (χ4n) is 1.51. The molecule has 0 radical (unpaired) electrons. The van der Waals surface area contributed by atoms with Crippen molar-refractivity contribution in [3.05, 3.63) is 18.3 Å². The lowest BCUT2D eigenvalue weighted by molar-refractivity contribution is 0.203. The molecular weight excluding hydrogens is 180 g/mol. The van der Waals surface area contributed by atoms with Crippen LogP contribution in [0.25, 0.3) is 0 Å². The summed E-state index contributed by atoms with van der Waals surface area (Å²) in [7, 11) is 1.62. The highest BCUT2D eigenvalue weighted by atomic mass is 16.5. The van der Waals surface area contributed by atoms with Crippen LogP contribution in [0, 0.1) is 0 Å². The van der Waals surface area contributed by atoms with Gasteiger partial charge >= 0.3 is 0 Å². The molecule has 1 fully saturated rings. The van der Waals surface area contributed by atoms with E-state index in [2.05, 4.69) is 10.3 Å². The Kier molecular flexibility index (Phi) is 2.84. The van der Waals surface area contributed by atoms with Gasteiger partial charge < -0.3 is 14.8 Å². The second kappa shape index (κ2) is 4.28. The van der Waals surface area contributed by atoms with Gasteiger partial charge in [0.2, 0.25) is 0 Å². The van der Waals surface area contributed by atoms with Gasteiger partial charge in [0, 0.05) is 12.7 Å². The van der Waals surface area contributed by atoms with Crippen LogP contribution in [0.1, 0.15) is 6.42 Å². The Bertz CT molecular complexity index is 298. The number of nitrogens with one attached hydrogen (secondary N) is 1. The first kappa shape index (κ1) is 9.27. The summed E-state index contributed by atoms with van der Waals surface area (Å²) in [6.07, 6.45) is 2.96. The van der Waals surface area contributed by atoms with E-state index >= 15 is 0 Å². The summed E-state index contributed by atoms with van der Waals surface area (Å²) in [5.74, 6) is 1.28. The van der Waals surface area contributed by atoms with Crippen LogP contribution in [0.4, 0.5) is 0 Å². The fraction of sp³-hybridized carbons (Fsp3) is 0.500. The lowest BCUT2D eigenvalue weighted by Crippen LogP contribution is -2.20. The van der Waals surface area contributed by atoms with Crippen LogP contribution >= 0.6 is 0 Å². The Morgan fingerprint density at radius 2 is 2.50 bits per heavy atom. The zero-order chi connectivity index (χ0) is 9.80. The summed E-state index contributed by atoms with van der Waals surface area (Å²) in [4.78, 5) is 4.14. The molecule has 2 heterocycles. The van der Waals surface area contributed by atoms with E-state index in [1.807, 2.05) is 12.1 Å². The van der Waals surface area contributed by atoms with Crippen LogP contribution in [0.2, 0.25) is 0 Å². The summed E-state index contributed by atoms with van der Waals surface area (Å²) < 4.78 is 10.8. The zero-order valence-corrected chi connectivity index (χ0v) is 8.19. The number of pyridine rings is 1. The van der Waals surface area contributed by atoms with E-state index in [1.165, 1.54) is 0 Å². The first-order valence-electron chi connectivity index (χ1n) is 4.76. The summed E-state index contributed by atoms with van der Waals surface area (Å²) in [6.45, 7) is 1.90. The van der Waals surface area contributed by atoms with E-state index in [4.69, 9.17) is 9.47 Å². The molecule has 1 aromatic heterocycles. The summed E-state index contributed by atoms with van der Waals surface area (Å²) >= 11 is 0. The Hall–Kier alpha value is -1.29. The highest BCUT2D eigenvalue weighted by molar-refractivity contribution is 5.32. The third-order valence-corrected chi connectivity index (χ3v) is 2.25. The first-order chi connectivity index (χ1) is 6.90. The van der Waals surface area contributed by atoms with Crippen molar-refractivity contribution in [2.24, 2.45) is 0 Å². The molecular formula is C10H14N2O2. The van der Waals surface area contributed by atoms with Crippen molar-refractivity contribution >= 4 is 0 Å². The van der Waals surface area contributed by atoms with E-state index in [0.29, 0.717) is 11.6 Å². The molecule has 4 heteroatoms. The number of hydrogen-bond acceptors (Lipinski definition) is 4. The Morgan fingerprint density at radius 1 is 1.57 bits per heavy atom. The van der Waals surface area contributed by atoms with Gasteiger partial charge in [-0.1, -0.05) is 0 Å². The second-order valence-electron chi connectivity index (χ2n) is 3.24. The van der Waals surface area contributed by atoms with Crippen LogP contribution < -0.4 is 14.8 Å². The molecule has 0 aliphatic carbocycles. The van der Waals surface area contributed by atoms with Gasteiger partial charge in [-0.15, -0.1) is 0 Å².